The number of alkyl halides is 1. The molecule has 0 amide bonds. The molecule has 1 aromatic rings. The molecule has 0 aromatic heterocycles. The van der Waals surface area contributed by atoms with Crippen molar-refractivity contribution in [1.82, 2.24) is 4.90 Å². The SMILES string of the molecule is CC(C)(C)OC(=O)CN(CC(=O)O)CC(Br)Cc1ccccc1. The molecule has 0 aliphatic heterocycles. The Morgan fingerprint density at radius 2 is 1.83 bits per heavy atom. The van der Waals surface area contributed by atoms with E-state index in [0.717, 1.165) is 12.0 Å². The van der Waals surface area contributed by atoms with Crippen molar-refractivity contribution in [2.45, 2.75) is 37.6 Å². The maximum Gasteiger partial charge on any atom is 0.320 e. The highest BCUT2D eigenvalue weighted by atomic mass is 79.9. The lowest BCUT2D eigenvalue weighted by atomic mass is 10.1. The molecule has 5 nitrogen and oxygen atoms in total. The summed E-state index contributed by atoms with van der Waals surface area (Å²) in [5.74, 6) is -1.38. The molecule has 0 aliphatic rings. The summed E-state index contributed by atoms with van der Waals surface area (Å²) in [5, 5.41) is 9.02. The van der Waals surface area contributed by atoms with Crippen LogP contribution in [-0.2, 0) is 20.7 Å². The van der Waals surface area contributed by atoms with Crippen LogP contribution in [-0.4, -0.2) is 52.0 Å². The summed E-state index contributed by atoms with van der Waals surface area (Å²) in [6.45, 7) is 5.57. The van der Waals surface area contributed by atoms with Crippen LogP contribution in [0, 0.1) is 0 Å². The lowest BCUT2D eigenvalue weighted by molar-refractivity contribution is -0.156. The fourth-order valence-electron chi connectivity index (χ4n) is 2.15. The minimum absolute atomic E-state index is 0.0412. The van der Waals surface area contributed by atoms with Gasteiger partial charge in [-0.1, -0.05) is 46.3 Å². The zero-order chi connectivity index (χ0) is 17.5. The molecule has 0 saturated carbocycles. The Kier molecular flexibility index (Phi) is 7.72. The van der Waals surface area contributed by atoms with Crippen molar-refractivity contribution >= 4 is 27.9 Å². The molecule has 0 fully saturated rings. The van der Waals surface area contributed by atoms with Gasteiger partial charge < -0.3 is 9.84 Å². The molecule has 0 heterocycles. The predicted octanol–water partition coefficient (Wildman–Crippen LogP) is 2.72. The first-order valence-corrected chi connectivity index (χ1v) is 8.41. The Hall–Kier alpha value is -1.40. The van der Waals surface area contributed by atoms with Crippen molar-refractivity contribution in [2.75, 3.05) is 19.6 Å². The van der Waals surface area contributed by atoms with Crippen molar-refractivity contribution in [3.63, 3.8) is 0 Å². The van der Waals surface area contributed by atoms with Gasteiger partial charge in [-0.25, -0.2) is 0 Å². The number of esters is 1. The molecular weight excluding hydrogens is 362 g/mol. The number of halogens is 1. The van der Waals surface area contributed by atoms with Gasteiger partial charge >= 0.3 is 11.9 Å². The monoisotopic (exact) mass is 385 g/mol. The van der Waals surface area contributed by atoms with E-state index >= 15 is 0 Å². The number of nitrogens with zero attached hydrogens (tertiary/aromatic N) is 1. The summed E-state index contributed by atoms with van der Waals surface area (Å²) in [7, 11) is 0. The lowest BCUT2D eigenvalue weighted by Gasteiger charge is -2.25. The summed E-state index contributed by atoms with van der Waals surface area (Å²) in [4.78, 5) is 24.6. The Labute approximate surface area is 145 Å². The van der Waals surface area contributed by atoms with Crippen LogP contribution in [0.4, 0.5) is 0 Å². The molecule has 1 aromatic carbocycles. The van der Waals surface area contributed by atoms with Gasteiger partial charge in [0.2, 0.25) is 0 Å². The maximum atomic E-state index is 11.9. The Morgan fingerprint density at radius 1 is 1.22 bits per heavy atom. The third-order valence-electron chi connectivity index (χ3n) is 2.89. The highest BCUT2D eigenvalue weighted by molar-refractivity contribution is 9.09. The quantitative estimate of drug-likeness (QED) is 0.550. The fraction of sp³-hybridized carbons (Fsp3) is 0.529. The van der Waals surface area contributed by atoms with Crippen LogP contribution in [0.3, 0.4) is 0 Å². The largest absolute Gasteiger partial charge is 0.480 e. The normalized spacial score (nSPS) is 12.9. The van der Waals surface area contributed by atoms with E-state index in [2.05, 4.69) is 15.9 Å². The van der Waals surface area contributed by atoms with Crippen LogP contribution in [0.1, 0.15) is 26.3 Å². The summed E-state index contributed by atoms with van der Waals surface area (Å²) in [5.41, 5.74) is 0.575. The Morgan fingerprint density at radius 3 is 2.35 bits per heavy atom. The number of carboxylic acids is 1. The van der Waals surface area contributed by atoms with Crippen molar-refractivity contribution in [1.29, 1.82) is 0 Å². The molecule has 1 atom stereocenters. The molecule has 0 bridgehead atoms. The van der Waals surface area contributed by atoms with Gasteiger partial charge in [0, 0.05) is 11.4 Å². The molecule has 128 valence electrons. The number of carboxylic acid groups (broad SMARTS) is 1. The topological polar surface area (TPSA) is 66.8 Å². The van der Waals surface area contributed by atoms with Crippen LogP contribution in [0.15, 0.2) is 30.3 Å². The Balaban J connectivity index is 2.59. The number of aliphatic carboxylic acids is 1. The highest BCUT2D eigenvalue weighted by Gasteiger charge is 2.22. The third-order valence-corrected chi connectivity index (χ3v) is 3.50. The third kappa shape index (κ3) is 9.36. The highest BCUT2D eigenvalue weighted by Crippen LogP contribution is 2.13. The molecule has 0 spiro atoms. The van der Waals surface area contributed by atoms with Gasteiger partial charge in [0.15, 0.2) is 0 Å². The van der Waals surface area contributed by atoms with Crippen molar-refractivity contribution in [3.8, 4) is 0 Å². The first kappa shape index (κ1) is 19.6. The molecule has 0 radical (unpaired) electrons. The van der Waals surface area contributed by atoms with Gasteiger partial charge in [-0.3, -0.25) is 14.5 Å². The number of benzene rings is 1. The van der Waals surface area contributed by atoms with E-state index < -0.39 is 17.5 Å². The average Bonchev–Trinajstić information content (AvgIpc) is 2.36. The van der Waals surface area contributed by atoms with E-state index in [1.54, 1.807) is 25.7 Å². The van der Waals surface area contributed by atoms with E-state index in [1.807, 2.05) is 30.3 Å². The number of carbonyl (C=O) groups is 2. The molecule has 0 saturated heterocycles. The fourth-order valence-corrected chi connectivity index (χ4v) is 2.93. The first-order valence-electron chi connectivity index (χ1n) is 7.49. The number of hydrogen-bond acceptors (Lipinski definition) is 4. The Bertz CT molecular complexity index is 513. The van der Waals surface area contributed by atoms with Crippen LogP contribution in [0.5, 0.6) is 0 Å². The number of carbonyl (C=O) groups excluding carboxylic acids is 1. The van der Waals surface area contributed by atoms with Gasteiger partial charge in [-0.05, 0) is 32.8 Å². The van der Waals surface area contributed by atoms with Gasteiger partial charge in [0.25, 0.3) is 0 Å². The summed E-state index contributed by atoms with van der Waals surface area (Å²) >= 11 is 3.57. The zero-order valence-corrected chi connectivity index (χ0v) is 15.4. The molecular formula is C17H24BrNO4. The molecule has 1 rings (SSSR count). The van der Waals surface area contributed by atoms with Crippen LogP contribution >= 0.6 is 15.9 Å². The van der Waals surface area contributed by atoms with E-state index in [-0.39, 0.29) is 17.9 Å². The second-order valence-corrected chi connectivity index (χ2v) is 7.73. The van der Waals surface area contributed by atoms with Crippen molar-refractivity contribution in [2.24, 2.45) is 0 Å². The van der Waals surface area contributed by atoms with Crippen molar-refractivity contribution < 1.29 is 19.4 Å². The minimum Gasteiger partial charge on any atom is -0.480 e. The smallest absolute Gasteiger partial charge is 0.320 e. The summed E-state index contributed by atoms with van der Waals surface area (Å²) in [6, 6.07) is 9.91. The minimum atomic E-state index is -0.965. The first-order chi connectivity index (χ1) is 10.7. The second-order valence-electron chi connectivity index (χ2n) is 6.44. The standard InChI is InChI=1S/C17H24BrNO4/c1-17(2,3)23-16(22)12-19(11-15(20)21)10-14(18)9-13-7-5-4-6-8-13/h4-8,14H,9-12H2,1-3H3,(H,20,21). The van der Waals surface area contributed by atoms with E-state index in [1.165, 1.54) is 0 Å². The molecule has 6 heteroatoms. The van der Waals surface area contributed by atoms with Crippen LogP contribution in [0.2, 0.25) is 0 Å². The molecule has 23 heavy (non-hydrogen) atoms. The molecule has 1 unspecified atom stereocenters. The molecule has 1 N–H and O–H groups in total. The average molecular weight is 386 g/mol. The van der Waals surface area contributed by atoms with Gasteiger partial charge in [-0.2, -0.15) is 0 Å². The number of hydrogen-bond donors (Lipinski definition) is 1. The lowest BCUT2D eigenvalue weighted by Crippen LogP contribution is -2.41. The predicted molar refractivity (Wildman–Crippen MR) is 92.8 cm³/mol. The van der Waals surface area contributed by atoms with Crippen molar-refractivity contribution in [3.05, 3.63) is 35.9 Å². The number of rotatable bonds is 8. The van der Waals surface area contributed by atoms with E-state index in [4.69, 9.17) is 9.84 Å². The zero-order valence-electron chi connectivity index (χ0n) is 13.8. The van der Waals surface area contributed by atoms with Gasteiger partial charge in [0.05, 0.1) is 13.1 Å². The summed E-state index contributed by atoms with van der Waals surface area (Å²) < 4.78 is 5.26. The maximum absolute atomic E-state index is 11.9. The van der Waals surface area contributed by atoms with Gasteiger partial charge in [0.1, 0.15) is 5.60 Å². The van der Waals surface area contributed by atoms with Crippen LogP contribution < -0.4 is 0 Å². The second kappa shape index (κ2) is 9.03. The van der Waals surface area contributed by atoms with E-state index in [0.29, 0.717) is 6.54 Å². The molecule has 0 aliphatic carbocycles. The summed E-state index contributed by atoms with van der Waals surface area (Å²) in [6.07, 6.45) is 0.755. The van der Waals surface area contributed by atoms with E-state index in [9.17, 15) is 9.59 Å². The van der Waals surface area contributed by atoms with Gasteiger partial charge in [-0.15, -0.1) is 0 Å². The van der Waals surface area contributed by atoms with Crippen LogP contribution in [0.25, 0.3) is 0 Å². The number of ether oxygens (including phenoxy) is 1.